The van der Waals surface area contributed by atoms with Gasteiger partial charge < -0.3 is 10.2 Å². The van der Waals surface area contributed by atoms with Crippen molar-refractivity contribution in [3.8, 4) is 6.07 Å². The van der Waals surface area contributed by atoms with E-state index in [1.807, 2.05) is 18.0 Å². The van der Waals surface area contributed by atoms with Crippen LogP contribution in [0.25, 0.3) is 0 Å². The summed E-state index contributed by atoms with van der Waals surface area (Å²) in [4.78, 5) is 12.4. The molecule has 1 N–H and O–H groups in total. The molecule has 0 saturated heterocycles. The van der Waals surface area contributed by atoms with Crippen LogP contribution in [0, 0.1) is 17.1 Å². The van der Waals surface area contributed by atoms with Crippen LogP contribution in [0.1, 0.15) is 39.5 Å². The van der Waals surface area contributed by atoms with E-state index in [9.17, 15) is 4.39 Å². The summed E-state index contributed by atoms with van der Waals surface area (Å²) in [6.07, 6.45) is 4.69. The van der Waals surface area contributed by atoms with Crippen molar-refractivity contribution < 1.29 is 4.39 Å². The van der Waals surface area contributed by atoms with Gasteiger partial charge >= 0.3 is 0 Å². The largest absolute Gasteiger partial charge is 0.352 e. The number of nitrogens with zero attached hydrogens (tertiary/aromatic N) is 4. The molecule has 0 fully saturated rings. The monoisotopic (exact) mass is 499 g/mol. The number of aromatic nitrogens is 1. The predicted octanol–water partition coefficient (Wildman–Crippen LogP) is 3.86. The minimum atomic E-state index is -0.331. The van der Waals surface area contributed by atoms with Crippen molar-refractivity contribution in [1.82, 2.24) is 15.2 Å². The fourth-order valence-corrected chi connectivity index (χ4v) is 4.30. The number of aliphatic imine (C=N–C) groups is 1. The molecule has 0 bridgehead atoms. The minimum Gasteiger partial charge on any atom is -0.352 e. The van der Waals surface area contributed by atoms with Gasteiger partial charge in [0.25, 0.3) is 0 Å². The number of hydrogen-bond donors (Lipinski definition) is 1. The molecule has 0 radical (unpaired) electrons. The van der Waals surface area contributed by atoms with Gasteiger partial charge in [-0.05, 0) is 43.9 Å². The molecule has 0 unspecified atom stereocenters. The highest BCUT2D eigenvalue weighted by atomic mass is 127. The van der Waals surface area contributed by atoms with Gasteiger partial charge in [0.15, 0.2) is 5.96 Å². The summed E-state index contributed by atoms with van der Waals surface area (Å²) in [5, 5.41) is 13.2. The van der Waals surface area contributed by atoms with Gasteiger partial charge in [-0.25, -0.2) is 9.37 Å². The van der Waals surface area contributed by atoms with E-state index in [2.05, 4.69) is 10.3 Å². The van der Waals surface area contributed by atoms with Gasteiger partial charge in [-0.2, -0.15) is 5.26 Å². The summed E-state index contributed by atoms with van der Waals surface area (Å²) in [5.74, 6) is 0.335. The van der Waals surface area contributed by atoms with E-state index in [0.29, 0.717) is 23.6 Å². The maximum Gasteiger partial charge on any atom is 0.194 e. The molecule has 0 atom stereocenters. The Morgan fingerprint density at radius 3 is 2.89 bits per heavy atom. The first-order chi connectivity index (χ1) is 12.6. The van der Waals surface area contributed by atoms with Crippen LogP contribution >= 0.6 is 35.3 Å². The zero-order chi connectivity index (χ0) is 18.5. The van der Waals surface area contributed by atoms with Crippen LogP contribution in [-0.2, 0) is 25.9 Å². The van der Waals surface area contributed by atoms with Crippen molar-refractivity contribution in [3.05, 3.63) is 50.7 Å². The third-order valence-electron chi connectivity index (χ3n) is 4.45. The number of nitriles is 1. The summed E-state index contributed by atoms with van der Waals surface area (Å²) in [5.41, 5.74) is 2.14. The lowest BCUT2D eigenvalue weighted by Gasteiger charge is -2.21. The Kier molecular flexibility index (Phi) is 7.98. The second-order valence-corrected chi connectivity index (χ2v) is 7.53. The van der Waals surface area contributed by atoms with Crippen LogP contribution in [0.15, 0.2) is 23.2 Å². The molecule has 2 aromatic rings. The lowest BCUT2D eigenvalue weighted by molar-refractivity contribution is 0.473. The lowest BCUT2D eigenvalue weighted by atomic mass is 10.0. The standard InChI is InChI=1S/C19H22FN5S.HI/c1-22-19(23-11-14-9-13(10-21)7-8-15(14)20)25(2)12-18-24-16-5-3-4-6-17(16)26-18;/h7-9H,3-6,11-12H2,1-2H3,(H,22,23);1H. The molecule has 0 saturated carbocycles. The molecule has 3 rings (SSSR count). The zero-order valence-corrected chi connectivity index (χ0v) is 18.6. The Bertz CT molecular complexity index is 835. The fraction of sp³-hybridized carbons (Fsp3) is 0.421. The van der Waals surface area contributed by atoms with Crippen LogP contribution in [-0.4, -0.2) is 29.9 Å². The van der Waals surface area contributed by atoms with Crippen LogP contribution in [0.5, 0.6) is 0 Å². The van der Waals surface area contributed by atoms with Crippen molar-refractivity contribution in [2.24, 2.45) is 4.99 Å². The number of benzene rings is 1. The topological polar surface area (TPSA) is 64.3 Å². The van der Waals surface area contributed by atoms with E-state index in [0.717, 1.165) is 17.8 Å². The molecular weight excluding hydrogens is 476 g/mol. The highest BCUT2D eigenvalue weighted by Crippen LogP contribution is 2.27. The van der Waals surface area contributed by atoms with Crippen molar-refractivity contribution in [3.63, 3.8) is 0 Å². The average molecular weight is 499 g/mol. The van der Waals surface area contributed by atoms with Gasteiger partial charge in [-0.15, -0.1) is 35.3 Å². The molecule has 1 aliphatic rings. The first kappa shape index (κ1) is 21.6. The van der Waals surface area contributed by atoms with Crippen LogP contribution in [0.2, 0.25) is 0 Å². The third-order valence-corrected chi connectivity index (χ3v) is 5.59. The number of hydrogen-bond acceptors (Lipinski definition) is 4. The predicted molar refractivity (Wildman–Crippen MR) is 117 cm³/mol. The van der Waals surface area contributed by atoms with E-state index in [1.165, 1.54) is 35.5 Å². The molecule has 27 heavy (non-hydrogen) atoms. The molecular formula is C19H23FIN5S. The van der Waals surface area contributed by atoms with E-state index in [-0.39, 0.29) is 36.3 Å². The SMILES string of the molecule is CN=C(NCc1cc(C#N)ccc1F)N(C)Cc1nc2c(s1)CCCC2.I. The first-order valence-corrected chi connectivity index (χ1v) is 9.50. The second-order valence-electron chi connectivity index (χ2n) is 6.36. The van der Waals surface area contributed by atoms with Gasteiger partial charge in [-0.1, -0.05) is 0 Å². The number of rotatable bonds is 4. The van der Waals surface area contributed by atoms with Crippen LogP contribution in [0.4, 0.5) is 4.39 Å². The lowest BCUT2D eigenvalue weighted by Crippen LogP contribution is -2.38. The Labute approximate surface area is 180 Å². The fourth-order valence-electron chi connectivity index (χ4n) is 3.09. The van der Waals surface area contributed by atoms with Crippen molar-refractivity contribution in [1.29, 1.82) is 5.26 Å². The van der Waals surface area contributed by atoms with Crippen molar-refractivity contribution >= 4 is 41.3 Å². The summed E-state index contributed by atoms with van der Waals surface area (Å²) in [6, 6.07) is 6.39. The van der Waals surface area contributed by atoms with Gasteiger partial charge in [0.05, 0.1) is 23.9 Å². The number of fused-ring (bicyclic) bond motifs is 1. The Morgan fingerprint density at radius 1 is 1.41 bits per heavy atom. The molecule has 1 aromatic heterocycles. The van der Waals surface area contributed by atoms with E-state index < -0.39 is 0 Å². The van der Waals surface area contributed by atoms with E-state index >= 15 is 0 Å². The molecule has 144 valence electrons. The first-order valence-electron chi connectivity index (χ1n) is 8.68. The molecule has 8 heteroatoms. The number of thiazole rings is 1. The summed E-state index contributed by atoms with van der Waals surface area (Å²) >= 11 is 1.78. The van der Waals surface area contributed by atoms with Gasteiger partial charge in [0, 0.05) is 31.1 Å². The summed E-state index contributed by atoms with van der Waals surface area (Å²) < 4.78 is 13.9. The highest BCUT2D eigenvalue weighted by molar-refractivity contribution is 14.0. The van der Waals surface area contributed by atoms with Crippen molar-refractivity contribution in [2.75, 3.05) is 14.1 Å². The number of halogens is 2. The maximum atomic E-state index is 13.9. The molecule has 1 aromatic carbocycles. The molecule has 0 aliphatic heterocycles. The third kappa shape index (κ3) is 5.39. The van der Waals surface area contributed by atoms with Gasteiger partial charge in [0.2, 0.25) is 0 Å². The molecule has 5 nitrogen and oxygen atoms in total. The Hall–Kier alpha value is -1.73. The minimum absolute atomic E-state index is 0. The normalized spacial score (nSPS) is 13.3. The van der Waals surface area contributed by atoms with Crippen LogP contribution in [0.3, 0.4) is 0 Å². The van der Waals surface area contributed by atoms with E-state index in [4.69, 9.17) is 10.2 Å². The number of aryl methyl sites for hydroxylation is 2. The van der Waals surface area contributed by atoms with Gasteiger partial charge in [-0.3, -0.25) is 4.99 Å². The summed E-state index contributed by atoms with van der Waals surface area (Å²) in [6.45, 7) is 0.935. The molecule has 1 heterocycles. The number of nitrogens with one attached hydrogen (secondary N) is 1. The van der Waals surface area contributed by atoms with Crippen molar-refractivity contribution in [2.45, 2.75) is 38.8 Å². The number of guanidine groups is 1. The second kappa shape index (κ2) is 9.99. The molecule has 0 spiro atoms. The van der Waals surface area contributed by atoms with E-state index in [1.54, 1.807) is 24.5 Å². The smallest absolute Gasteiger partial charge is 0.194 e. The maximum absolute atomic E-state index is 13.9. The van der Waals surface area contributed by atoms with Crippen LogP contribution < -0.4 is 5.32 Å². The zero-order valence-electron chi connectivity index (χ0n) is 15.5. The Balaban J connectivity index is 0.00000261. The Morgan fingerprint density at radius 2 is 2.19 bits per heavy atom. The molecule has 0 amide bonds. The highest BCUT2D eigenvalue weighted by Gasteiger charge is 2.17. The quantitative estimate of drug-likeness (QED) is 0.395. The molecule has 1 aliphatic carbocycles. The average Bonchev–Trinajstić information content (AvgIpc) is 3.05. The van der Waals surface area contributed by atoms with Gasteiger partial charge in [0.1, 0.15) is 10.8 Å². The summed E-state index contributed by atoms with van der Waals surface area (Å²) in [7, 11) is 3.64.